The Balaban J connectivity index is 1.10. The van der Waals surface area contributed by atoms with Gasteiger partial charge in [0.25, 0.3) is 0 Å². The molecule has 1 aliphatic heterocycles. The Morgan fingerprint density at radius 1 is 0.921 bits per heavy atom. The SMILES string of the molecule is CC(CCN1CCN(c2ccccc2)CC1)C1CC=C2C3=C(CCC21C)C1(C)CCC(O)C(C)(C)C1CC3. The zero-order valence-electron chi connectivity index (χ0n) is 24.8. The molecule has 0 amide bonds. The summed E-state index contributed by atoms with van der Waals surface area (Å²) in [6, 6.07) is 10.9. The third-order valence-electron chi connectivity index (χ3n) is 12.5. The number of fused-ring (bicyclic) bond motifs is 4. The van der Waals surface area contributed by atoms with Gasteiger partial charge in [0.1, 0.15) is 0 Å². The number of hydrogen-bond donors (Lipinski definition) is 1. The fraction of sp³-hybridized carbons (Fsp3) is 0.714. The Hall–Kier alpha value is -1.58. The van der Waals surface area contributed by atoms with Gasteiger partial charge in [-0.2, -0.15) is 0 Å². The lowest BCUT2D eigenvalue weighted by molar-refractivity contribution is -0.0905. The van der Waals surface area contributed by atoms with E-state index in [0.29, 0.717) is 11.3 Å². The molecule has 38 heavy (non-hydrogen) atoms. The van der Waals surface area contributed by atoms with Gasteiger partial charge in [-0.15, -0.1) is 0 Å². The van der Waals surface area contributed by atoms with Crippen molar-refractivity contribution < 1.29 is 5.11 Å². The van der Waals surface area contributed by atoms with E-state index in [1.54, 1.807) is 16.7 Å². The van der Waals surface area contributed by atoms with Crippen LogP contribution in [0.25, 0.3) is 0 Å². The molecule has 6 atom stereocenters. The fourth-order valence-corrected chi connectivity index (χ4v) is 10.0. The average molecular weight is 517 g/mol. The summed E-state index contributed by atoms with van der Waals surface area (Å²) in [6.45, 7) is 18.3. The molecule has 1 heterocycles. The number of allylic oxidation sites excluding steroid dienone is 4. The normalized spacial score (nSPS) is 37.8. The second-order valence-electron chi connectivity index (χ2n) is 14.6. The van der Waals surface area contributed by atoms with E-state index in [9.17, 15) is 5.11 Å². The highest BCUT2D eigenvalue weighted by Crippen LogP contribution is 2.66. The lowest BCUT2D eigenvalue weighted by Gasteiger charge is -2.59. The lowest BCUT2D eigenvalue weighted by atomic mass is 9.46. The van der Waals surface area contributed by atoms with Crippen LogP contribution in [0.1, 0.15) is 86.0 Å². The second kappa shape index (κ2) is 9.81. The van der Waals surface area contributed by atoms with Crippen LogP contribution in [-0.4, -0.2) is 48.8 Å². The topological polar surface area (TPSA) is 26.7 Å². The smallest absolute Gasteiger partial charge is 0.0594 e. The summed E-state index contributed by atoms with van der Waals surface area (Å²) in [5, 5.41) is 10.9. The highest BCUT2D eigenvalue weighted by Gasteiger charge is 2.57. The van der Waals surface area contributed by atoms with Crippen molar-refractivity contribution in [1.29, 1.82) is 0 Å². The van der Waals surface area contributed by atoms with E-state index in [1.165, 1.54) is 70.3 Å². The Labute approximate surface area is 232 Å². The number of aliphatic hydroxyl groups excluding tert-OH is 1. The minimum absolute atomic E-state index is 0.0277. The van der Waals surface area contributed by atoms with Gasteiger partial charge in [0.05, 0.1) is 6.10 Å². The van der Waals surface area contributed by atoms with Crippen LogP contribution >= 0.6 is 0 Å². The zero-order chi connectivity index (χ0) is 26.7. The van der Waals surface area contributed by atoms with Gasteiger partial charge >= 0.3 is 0 Å². The van der Waals surface area contributed by atoms with Crippen LogP contribution in [-0.2, 0) is 0 Å². The molecule has 4 aliphatic carbocycles. The van der Waals surface area contributed by atoms with E-state index in [-0.39, 0.29) is 16.9 Å². The van der Waals surface area contributed by atoms with Gasteiger partial charge < -0.3 is 10.0 Å². The molecule has 6 rings (SSSR count). The van der Waals surface area contributed by atoms with E-state index < -0.39 is 0 Å². The molecule has 1 saturated carbocycles. The molecule has 0 spiro atoms. The zero-order valence-corrected chi connectivity index (χ0v) is 24.8. The van der Waals surface area contributed by atoms with Gasteiger partial charge in [0.15, 0.2) is 0 Å². The molecule has 1 aromatic carbocycles. The predicted molar refractivity (Wildman–Crippen MR) is 159 cm³/mol. The maximum absolute atomic E-state index is 10.9. The minimum atomic E-state index is -0.145. The third-order valence-corrected chi connectivity index (χ3v) is 12.5. The van der Waals surface area contributed by atoms with Crippen molar-refractivity contribution in [2.75, 3.05) is 37.6 Å². The molecule has 6 unspecified atom stereocenters. The molecule has 5 aliphatic rings. The molecule has 1 aromatic rings. The molecule has 2 fully saturated rings. The van der Waals surface area contributed by atoms with Crippen molar-refractivity contribution in [3.63, 3.8) is 0 Å². The molecule has 0 radical (unpaired) electrons. The first-order chi connectivity index (χ1) is 18.1. The standard InChI is InChI=1S/C35H52N2O/c1-25(17-20-36-21-23-37(24-22-36)26-9-7-6-8-10-26)28-12-13-29-27-11-14-31-33(2,3)32(38)16-19-35(31,5)30(27)15-18-34(28,29)4/h6-10,13,25,28,31-32,38H,11-12,14-24H2,1-5H3. The number of anilines is 1. The van der Waals surface area contributed by atoms with Crippen LogP contribution in [0.4, 0.5) is 5.69 Å². The molecular weight excluding hydrogens is 464 g/mol. The van der Waals surface area contributed by atoms with Crippen molar-refractivity contribution in [3.8, 4) is 0 Å². The van der Waals surface area contributed by atoms with E-state index in [0.717, 1.165) is 31.3 Å². The molecule has 3 nitrogen and oxygen atoms in total. The Bertz CT molecular complexity index is 1080. The van der Waals surface area contributed by atoms with Crippen LogP contribution in [0.2, 0.25) is 0 Å². The van der Waals surface area contributed by atoms with E-state index in [2.05, 4.69) is 80.8 Å². The van der Waals surface area contributed by atoms with Crippen molar-refractivity contribution >= 4 is 5.69 Å². The highest BCUT2D eigenvalue weighted by molar-refractivity contribution is 5.50. The van der Waals surface area contributed by atoms with Gasteiger partial charge in [-0.25, -0.2) is 0 Å². The van der Waals surface area contributed by atoms with E-state index in [1.807, 2.05) is 0 Å². The number of rotatable bonds is 5. The summed E-state index contributed by atoms with van der Waals surface area (Å²) in [7, 11) is 0. The first-order valence-electron chi connectivity index (χ1n) is 15.8. The number of piperazine rings is 1. The summed E-state index contributed by atoms with van der Waals surface area (Å²) in [5.74, 6) is 2.16. The summed E-state index contributed by atoms with van der Waals surface area (Å²) in [4.78, 5) is 5.26. The van der Waals surface area contributed by atoms with Crippen molar-refractivity contribution in [2.45, 2.75) is 92.1 Å². The summed E-state index contributed by atoms with van der Waals surface area (Å²) in [5.41, 5.74) is 7.34. The van der Waals surface area contributed by atoms with Crippen LogP contribution in [0, 0.1) is 34.0 Å². The first-order valence-corrected chi connectivity index (χ1v) is 15.8. The van der Waals surface area contributed by atoms with Crippen molar-refractivity contribution in [3.05, 3.63) is 53.1 Å². The summed E-state index contributed by atoms with van der Waals surface area (Å²) < 4.78 is 0. The molecule has 1 saturated heterocycles. The quantitative estimate of drug-likeness (QED) is 0.440. The first kappa shape index (κ1) is 26.6. The monoisotopic (exact) mass is 516 g/mol. The Kier molecular flexibility index (Phi) is 6.87. The lowest BCUT2D eigenvalue weighted by Crippen LogP contribution is -2.53. The third kappa shape index (κ3) is 4.22. The summed E-state index contributed by atoms with van der Waals surface area (Å²) in [6.07, 6.45) is 12.4. The second-order valence-corrected chi connectivity index (χ2v) is 14.6. The number of para-hydroxylation sites is 1. The van der Waals surface area contributed by atoms with E-state index in [4.69, 9.17) is 0 Å². The van der Waals surface area contributed by atoms with Crippen molar-refractivity contribution in [1.82, 2.24) is 4.90 Å². The molecule has 3 heteroatoms. The van der Waals surface area contributed by atoms with Crippen LogP contribution in [0.5, 0.6) is 0 Å². The number of aliphatic hydroxyl groups is 1. The maximum Gasteiger partial charge on any atom is 0.0594 e. The molecule has 1 N–H and O–H groups in total. The van der Waals surface area contributed by atoms with Gasteiger partial charge in [-0.1, -0.05) is 64.5 Å². The van der Waals surface area contributed by atoms with E-state index >= 15 is 0 Å². The molecular formula is C35H52N2O. The average Bonchev–Trinajstić information content (AvgIpc) is 3.28. The van der Waals surface area contributed by atoms with Gasteiger partial charge in [0.2, 0.25) is 0 Å². The number of nitrogens with zero attached hydrogens (tertiary/aromatic N) is 2. The van der Waals surface area contributed by atoms with Crippen LogP contribution in [0.3, 0.4) is 0 Å². The van der Waals surface area contributed by atoms with Gasteiger partial charge in [0, 0.05) is 31.9 Å². The molecule has 208 valence electrons. The number of benzene rings is 1. The largest absolute Gasteiger partial charge is 0.393 e. The Morgan fingerprint density at radius 2 is 1.66 bits per heavy atom. The minimum Gasteiger partial charge on any atom is -0.393 e. The Morgan fingerprint density at radius 3 is 2.39 bits per heavy atom. The maximum atomic E-state index is 10.9. The molecule has 0 bridgehead atoms. The molecule has 0 aromatic heterocycles. The number of hydrogen-bond acceptors (Lipinski definition) is 3. The fourth-order valence-electron chi connectivity index (χ4n) is 10.0. The van der Waals surface area contributed by atoms with Crippen molar-refractivity contribution in [2.24, 2.45) is 34.0 Å². The van der Waals surface area contributed by atoms with Gasteiger partial charge in [-0.05, 0) is 115 Å². The summed E-state index contributed by atoms with van der Waals surface area (Å²) >= 11 is 0. The highest BCUT2D eigenvalue weighted by atomic mass is 16.3. The van der Waals surface area contributed by atoms with Crippen LogP contribution < -0.4 is 4.90 Å². The van der Waals surface area contributed by atoms with Gasteiger partial charge in [-0.3, -0.25) is 4.90 Å². The predicted octanol–water partition coefficient (Wildman–Crippen LogP) is 7.48. The van der Waals surface area contributed by atoms with Crippen LogP contribution in [0.15, 0.2) is 53.1 Å².